The van der Waals surface area contributed by atoms with Crippen LogP contribution in [0.3, 0.4) is 0 Å². The molecule has 1 aromatic carbocycles. The third kappa shape index (κ3) is 3.63. The van der Waals surface area contributed by atoms with E-state index in [2.05, 4.69) is 9.68 Å². The molecule has 0 fully saturated rings. The van der Waals surface area contributed by atoms with E-state index in [1.807, 2.05) is 0 Å². The molecule has 0 radical (unpaired) electrons. The largest absolute Gasteiger partial charge is 0.475 e. The number of hydrogen-bond donors (Lipinski definition) is 1. The van der Waals surface area contributed by atoms with Crippen LogP contribution in [0, 0.1) is 0 Å². The minimum Gasteiger partial charge on any atom is -0.475 e. The van der Waals surface area contributed by atoms with Crippen LogP contribution in [0.15, 0.2) is 34.9 Å². The fourth-order valence-electron chi connectivity index (χ4n) is 1.92. The van der Waals surface area contributed by atoms with E-state index >= 15 is 0 Å². The number of carboxylic acid groups (broad SMARTS) is 1. The van der Waals surface area contributed by atoms with E-state index in [0.29, 0.717) is 12.1 Å². The summed E-state index contributed by atoms with van der Waals surface area (Å²) in [5.74, 6) is -5.52. The third-order valence-electron chi connectivity index (χ3n) is 2.92. The first-order chi connectivity index (χ1) is 10.5. The van der Waals surface area contributed by atoms with Gasteiger partial charge in [0.1, 0.15) is 5.69 Å². The standard InChI is InChI=1S/C13H7F6NO3/c14-12(15,16)10(13(17,18)19)7-3-1-6(2-4-7)8-5-9(11(21)22)23-20-8/h1-5,10H,(H,21,22). The first-order valence-electron chi connectivity index (χ1n) is 5.94. The molecule has 4 nitrogen and oxygen atoms in total. The van der Waals surface area contributed by atoms with Gasteiger partial charge in [-0.1, -0.05) is 29.4 Å². The fraction of sp³-hybridized carbons (Fsp3) is 0.231. The Kier molecular flexibility index (Phi) is 4.10. The zero-order chi connectivity index (χ0) is 17.4. The molecule has 0 bridgehead atoms. The lowest BCUT2D eigenvalue weighted by atomic mass is 9.96. The maximum absolute atomic E-state index is 12.6. The van der Waals surface area contributed by atoms with Crippen LogP contribution in [-0.2, 0) is 0 Å². The summed E-state index contributed by atoms with van der Waals surface area (Å²) in [6, 6.07) is 4.28. The molecule has 23 heavy (non-hydrogen) atoms. The van der Waals surface area contributed by atoms with Crippen LogP contribution >= 0.6 is 0 Å². The monoisotopic (exact) mass is 339 g/mol. The van der Waals surface area contributed by atoms with Crippen LogP contribution in [0.5, 0.6) is 0 Å². The highest BCUT2D eigenvalue weighted by atomic mass is 19.4. The predicted molar refractivity (Wildman–Crippen MR) is 63.7 cm³/mol. The van der Waals surface area contributed by atoms with E-state index in [-0.39, 0.29) is 11.3 Å². The molecule has 1 aromatic heterocycles. The summed E-state index contributed by atoms with van der Waals surface area (Å²) in [6.45, 7) is 0. The van der Waals surface area contributed by atoms with Crippen molar-refractivity contribution in [1.82, 2.24) is 5.16 Å². The van der Waals surface area contributed by atoms with E-state index in [1.165, 1.54) is 0 Å². The lowest BCUT2D eigenvalue weighted by Crippen LogP contribution is -2.34. The Morgan fingerprint density at radius 3 is 1.96 bits per heavy atom. The van der Waals surface area contributed by atoms with Crippen molar-refractivity contribution in [2.75, 3.05) is 0 Å². The number of aromatic carboxylic acids is 1. The van der Waals surface area contributed by atoms with Crippen LogP contribution in [0.2, 0.25) is 0 Å². The quantitative estimate of drug-likeness (QED) is 0.849. The second-order valence-electron chi connectivity index (χ2n) is 4.52. The van der Waals surface area contributed by atoms with Crippen molar-refractivity contribution in [3.63, 3.8) is 0 Å². The van der Waals surface area contributed by atoms with E-state index in [0.717, 1.165) is 18.2 Å². The zero-order valence-electron chi connectivity index (χ0n) is 10.9. The van der Waals surface area contributed by atoms with Crippen LogP contribution in [0.25, 0.3) is 11.3 Å². The van der Waals surface area contributed by atoms with Crippen molar-refractivity contribution in [2.24, 2.45) is 0 Å². The Morgan fingerprint density at radius 2 is 1.57 bits per heavy atom. The number of benzene rings is 1. The molecule has 0 unspecified atom stereocenters. The Morgan fingerprint density at radius 1 is 1.04 bits per heavy atom. The van der Waals surface area contributed by atoms with Crippen molar-refractivity contribution < 1.29 is 40.8 Å². The topological polar surface area (TPSA) is 63.3 Å². The SMILES string of the molecule is O=C(O)c1cc(-c2ccc(C(C(F)(F)F)C(F)(F)F)cc2)no1. The highest BCUT2D eigenvalue weighted by Crippen LogP contribution is 2.46. The molecule has 2 aromatic rings. The number of halogens is 6. The lowest BCUT2D eigenvalue weighted by Gasteiger charge is -2.23. The third-order valence-corrected chi connectivity index (χ3v) is 2.92. The first kappa shape index (κ1) is 16.8. The molecule has 0 aliphatic carbocycles. The smallest absolute Gasteiger partial charge is 0.404 e. The van der Waals surface area contributed by atoms with Gasteiger partial charge in [-0.15, -0.1) is 0 Å². The van der Waals surface area contributed by atoms with Crippen LogP contribution < -0.4 is 0 Å². The highest BCUT2D eigenvalue weighted by molar-refractivity contribution is 5.85. The second kappa shape index (κ2) is 5.60. The van der Waals surface area contributed by atoms with Gasteiger partial charge in [-0.2, -0.15) is 26.3 Å². The Bertz CT molecular complexity index is 688. The Labute approximate surface area is 124 Å². The molecule has 0 spiro atoms. The maximum Gasteiger partial charge on any atom is 0.404 e. The van der Waals surface area contributed by atoms with Crippen LogP contribution in [0.1, 0.15) is 22.0 Å². The van der Waals surface area contributed by atoms with Gasteiger partial charge >= 0.3 is 18.3 Å². The van der Waals surface area contributed by atoms with Gasteiger partial charge in [0.2, 0.25) is 5.76 Å². The van der Waals surface area contributed by atoms with E-state index in [4.69, 9.17) is 5.11 Å². The average Bonchev–Trinajstić information content (AvgIpc) is 2.85. The van der Waals surface area contributed by atoms with Gasteiger partial charge in [0.25, 0.3) is 0 Å². The maximum atomic E-state index is 12.6. The molecule has 0 atom stereocenters. The fourth-order valence-corrected chi connectivity index (χ4v) is 1.92. The highest BCUT2D eigenvalue weighted by Gasteiger charge is 2.57. The number of carbonyl (C=O) groups is 1. The second-order valence-corrected chi connectivity index (χ2v) is 4.52. The molecule has 0 aliphatic rings. The van der Waals surface area contributed by atoms with Crippen molar-refractivity contribution >= 4 is 5.97 Å². The van der Waals surface area contributed by atoms with Gasteiger partial charge in [-0.3, -0.25) is 0 Å². The first-order valence-corrected chi connectivity index (χ1v) is 5.94. The summed E-state index contributed by atoms with van der Waals surface area (Å²) >= 11 is 0. The summed E-state index contributed by atoms with van der Waals surface area (Å²) in [5.41, 5.74) is -0.881. The normalized spacial score (nSPS) is 12.7. The van der Waals surface area contributed by atoms with Gasteiger partial charge < -0.3 is 9.63 Å². The summed E-state index contributed by atoms with van der Waals surface area (Å²) in [7, 11) is 0. The van der Waals surface area contributed by atoms with Gasteiger partial charge in [0.05, 0.1) is 0 Å². The number of alkyl halides is 6. The number of carboxylic acids is 1. The van der Waals surface area contributed by atoms with Crippen LogP contribution in [-0.4, -0.2) is 28.6 Å². The van der Waals surface area contributed by atoms with Crippen LogP contribution in [0.4, 0.5) is 26.3 Å². The summed E-state index contributed by atoms with van der Waals surface area (Å²) in [5, 5.41) is 12.0. The summed E-state index contributed by atoms with van der Waals surface area (Å²) < 4.78 is 80.1. The van der Waals surface area contributed by atoms with Crippen molar-refractivity contribution in [3.8, 4) is 11.3 Å². The molecular weight excluding hydrogens is 332 g/mol. The minimum absolute atomic E-state index is 0.0236. The Balaban J connectivity index is 2.36. The number of aromatic nitrogens is 1. The number of nitrogens with zero attached hydrogens (tertiary/aromatic N) is 1. The average molecular weight is 339 g/mol. The molecule has 2 rings (SSSR count). The number of hydrogen-bond acceptors (Lipinski definition) is 3. The summed E-state index contributed by atoms with van der Waals surface area (Å²) in [6.07, 6.45) is -11.0. The summed E-state index contributed by atoms with van der Waals surface area (Å²) in [4.78, 5) is 10.6. The Hall–Kier alpha value is -2.52. The van der Waals surface area contributed by atoms with Crippen molar-refractivity contribution in [2.45, 2.75) is 18.3 Å². The molecule has 10 heteroatoms. The van der Waals surface area contributed by atoms with Gasteiger partial charge in [-0.25, -0.2) is 4.79 Å². The molecule has 1 heterocycles. The van der Waals surface area contributed by atoms with Crippen molar-refractivity contribution in [1.29, 1.82) is 0 Å². The molecule has 1 N–H and O–H groups in total. The molecule has 124 valence electrons. The molecule has 0 aliphatic heterocycles. The number of rotatable bonds is 3. The lowest BCUT2D eigenvalue weighted by molar-refractivity contribution is -0.253. The van der Waals surface area contributed by atoms with Gasteiger partial charge in [0, 0.05) is 11.6 Å². The zero-order valence-corrected chi connectivity index (χ0v) is 10.9. The molecular formula is C13H7F6NO3. The van der Waals surface area contributed by atoms with E-state index < -0.39 is 35.6 Å². The van der Waals surface area contributed by atoms with Gasteiger partial charge in [0.15, 0.2) is 5.92 Å². The predicted octanol–water partition coefficient (Wildman–Crippen LogP) is 4.25. The van der Waals surface area contributed by atoms with Gasteiger partial charge in [-0.05, 0) is 5.56 Å². The molecule has 0 amide bonds. The molecule has 0 saturated heterocycles. The van der Waals surface area contributed by atoms with Crippen molar-refractivity contribution in [3.05, 3.63) is 41.7 Å². The molecule has 0 saturated carbocycles. The van der Waals surface area contributed by atoms with E-state index in [9.17, 15) is 31.1 Å². The minimum atomic E-state index is -5.48. The van der Waals surface area contributed by atoms with E-state index in [1.54, 1.807) is 0 Å².